The van der Waals surface area contributed by atoms with Crippen LogP contribution in [0.4, 0.5) is 5.69 Å². The number of aliphatic hydroxyl groups is 2. The number of nitrogens with zero attached hydrogens (tertiary/aromatic N) is 1. The number of anilines is 1. The highest BCUT2D eigenvalue weighted by molar-refractivity contribution is 5.42. The summed E-state index contributed by atoms with van der Waals surface area (Å²) in [6.45, 7) is 0. The Hall–Kier alpha value is -1.13. The van der Waals surface area contributed by atoms with Gasteiger partial charge >= 0.3 is 0 Å². The van der Waals surface area contributed by atoms with Crippen LogP contribution in [0.25, 0.3) is 0 Å². The van der Waals surface area contributed by atoms with Gasteiger partial charge < -0.3 is 15.5 Å². The van der Waals surface area contributed by atoms with Crippen LogP contribution in [-0.4, -0.2) is 21.2 Å². The smallest absolute Gasteiger partial charge is 0.196 e. The zero-order valence-corrected chi connectivity index (χ0v) is 9.26. The van der Waals surface area contributed by atoms with Gasteiger partial charge in [0.2, 0.25) is 0 Å². The average molecular weight is 222 g/mol. The first-order valence-electron chi connectivity index (χ1n) is 5.84. The van der Waals surface area contributed by atoms with Crippen molar-refractivity contribution in [1.82, 2.24) is 4.98 Å². The highest BCUT2D eigenvalue weighted by Gasteiger charge is 2.13. The Morgan fingerprint density at radius 1 is 1.19 bits per heavy atom. The van der Waals surface area contributed by atoms with Crippen molar-refractivity contribution in [3.05, 3.63) is 24.0 Å². The van der Waals surface area contributed by atoms with Crippen molar-refractivity contribution in [1.29, 1.82) is 0 Å². The summed E-state index contributed by atoms with van der Waals surface area (Å²) in [5.41, 5.74) is 1.24. The lowest BCUT2D eigenvalue weighted by Crippen LogP contribution is -2.22. The first-order valence-corrected chi connectivity index (χ1v) is 5.84. The molecule has 0 aliphatic heterocycles. The molecule has 3 N–H and O–H groups in total. The summed E-state index contributed by atoms with van der Waals surface area (Å²) < 4.78 is 0. The molecule has 1 aromatic rings. The Morgan fingerprint density at radius 2 is 1.94 bits per heavy atom. The van der Waals surface area contributed by atoms with Crippen LogP contribution in [0.2, 0.25) is 0 Å². The van der Waals surface area contributed by atoms with Gasteiger partial charge in [-0.05, 0) is 25.0 Å². The van der Waals surface area contributed by atoms with E-state index < -0.39 is 6.29 Å². The Kier molecular flexibility index (Phi) is 3.74. The molecule has 4 nitrogen and oxygen atoms in total. The third-order valence-corrected chi connectivity index (χ3v) is 3.03. The van der Waals surface area contributed by atoms with E-state index in [0.29, 0.717) is 6.04 Å². The number of hydrogen-bond acceptors (Lipinski definition) is 4. The van der Waals surface area contributed by atoms with Gasteiger partial charge in [-0.2, -0.15) is 0 Å². The maximum Gasteiger partial charge on any atom is 0.196 e. The van der Waals surface area contributed by atoms with Crippen LogP contribution in [0, 0.1) is 0 Å². The second-order valence-corrected chi connectivity index (χ2v) is 4.32. The Bertz CT molecular complexity index is 318. The molecule has 1 saturated carbocycles. The highest BCUT2D eigenvalue weighted by Crippen LogP contribution is 2.21. The Labute approximate surface area is 95.3 Å². The molecular weight excluding hydrogens is 204 g/mol. The summed E-state index contributed by atoms with van der Waals surface area (Å²) >= 11 is 0. The number of hydrogen-bond donors (Lipinski definition) is 3. The van der Waals surface area contributed by atoms with E-state index in [2.05, 4.69) is 10.3 Å². The van der Waals surface area contributed by atoms with Gasteiger partial charge in [-0.1, -0.05) is 19.3 Å². The number of aliphatic hydroxyl groups excluding tert-OH is 1. The number of rotatable bonds is 3. The summed E-state index contributed by atoms with van der Waals surface area (Å²) in [6.07, 6.45) is 6.52. The van der Waals surface area contributed by atoms with Gasteiger partial charge in [0, 0.05) is 6.04 Å². The monoisotopic (exact) mass is 222 g/mol. The van der Waals surface area contributed by atoms with Crippen molar-refractivity contribution in [2.24, 2.45) is 0 Å². The molecule has 16 heavy (non-hydrogen) atoms. The Balaban J connectivity index is 1.93. The molecule has 0 atom stereocenters. The molecule has 1 fully saturated rings. The van der Waals surface area contributed by atoms with Crippen molar-refractivity contribution in [2.75, 3.05) is 5.32 Å². The topological polar surface area (TPSA) is 65.4 Å². The number of nitrogens with one attached hydrogen (secondary N) is 1. The molecular formula is C12H18N2O2. The normalized spacial score (nSPS) is 17.7. The van der Waals surface area contributed by atoms with E-state index in [1.807, 2.05) is 6.07 Å². The molecule has 2 rings (SSSR count). The second-order valence-electron chi connectivity index (χ2n) is 4.32. The minimum atomic E-state index is -1.48. The van der Waals surface area contributed by atoms with E-state index in [-0.39, 0.29) is 5.69 Å². The molecule has 0 spiro atoms. The summed E-state index contributed by atoms with van der Waals surface area (Å²) in [7, 11) is 0. The lowest BCUT2D eigenvalue weighted by molar-refractivity contribution is -0.0458. The van der Waals surface area contributed by atoms with Crippen LogP contribution in [0.1, 0.15) is 44.1 Å². The molecule has 4 heteroatoms. The summed E-state index contributed by atoms with van der Waals surface area (Å²) in [5.74, 6) is 0. The summed E-state index contributed by atoms with van der Waals surface area (Å²) in [6, 6.07) is 4.02. The van der Waals surface area contributed by atoms with Gasteiger partial charge in [0.25, 0.3) is 0 Å². The summed E-state index contributed by atoms with van der Waals surface area (Å²) in [5, 5.41) is 21.2. The molecule has 1 aliphatic carbocycles. The van der Waals surface area contributed by atoms with Gasteiger partial charge in [0.05, 0.1) is 17.6 Å². The van der Waals surface area contributed by atoms with Crippen LogP contribution >= 0.6 is 0 Å². The molecule has 0 radical (unpaired) electrons. The molecule has 1 aliphatic rings. The van der Waals surface area contributed by atoms with Crippen LogP contribution in [0.5, 0.6) is 0 Å². The van der Waals surface area contributed by atoms with Crippen molar-refractivity contribution in [3.63, 3.8) is 0 Å². The molecule has 1 aromatic heterocycles. The maximum atomic E-state index is 8.91. The predicted molar refractivity (Wildman–Crippen MR) is 61.9 cm³/mol. The third kappa shape index (κ3) is 2.93. The van der Waals surface area contributed by atoms with E-state index in [9.17, 15) is 0 Å². The largest absolute Gasteiger partial charge is 0.381 e. The molecule has 0 amide bonds. The first kappa shape index (κ1) is 11.4. The first-order chi connectivity index (χ1) is 7.75. The highest BCUT2D eigenvalue weighted by atomic mass is 16.5. The second kappa shape index (κ2) is 5.27. The zero-order valence-electron chi connectivity index (χ0n) is 9.26. The average Bonchev–Trinajstić information content (AvgIpc) is 2.31. The standard InChI is InChI=1S/C12H18N2O2/c15-12(16)11-7-6-10(8-13-11)14-9-4-2-1-3-5-9/h6-9,12,14-16H,1-5H2. The van der Waals surface area contributed by atoms with Gasteiger partial charge in [-0.25, -0.2) is 0 Å². The van der Waals surface area contributed by atoms with Crippen LogP contribution in [0.15, 0.2) is 18.3 Å². The van der Waals surface area contributed by atoms with E-state index in [1.54, 1.807) is 12.3 Å². The summed E-state index contributed by atoms with van der Waals surface area (Å²) in [4.78, 5) is 3.98. The zero-order chi connectivity index (χ0) is 11.4. The lowest BCUT2D eigenvalue weighted by atomic mass is 9.95. The van der Waals surface area contributed by atoms with Crippen molar-refractivity contribution >= 4 is 5.69 Å². The van der Waals surface area contributed by atoms with E-state index >= 15 is 0 Å². The lowest BCUT2D eigenvalue weighted by Gasteiger charge is -2.23. The van der Waals surface area contributed by atoms with Gasteiger partial charge in [0.15, 0.2) is 6.29 Å². The quantitative estimate of drug-likeness (QED) is 0.682. The molecule has 0 bridgehead atoms. The molecule has 0 aromatic carbocycles. The SMILES string of the molecule is OC(O)c1ccc(NC2CCCCC2)cn1. The van der Waals surface area contributed by atoms with E-state index in [4.69, 9.17) is 10.2 Å². The van der Waals surface area contributed by atoms with Crippen LogP contribution < -0.4 is 5.32 Å². The van der Waals surface area contributed by atoms with E-state index in [1.165, 1.54) is 32.1 Å². The van der Waals surface area contributed by atoms with Gasteiger partial charge in [0.1, 0.15) is 0 Å². The van der Waals surface area contributed by atoms with Crippen LogP contribution in [0.3, 0.4) is 0 Å². The third-order valence-electron chi connectivity index (χ3n) is 3.03. The van der Waals surface area contributed by atoms with Crippen molar-refractivity contribution in [3.8, 4) is 0 Å². The predicted octanol–water partition coefficient (Wildman–Crippen LogP) is 1.81. The fourth-order valence-corrected chi connectivity index (χ4v) is 2.13. The number of pyridine rings is 1. The van der Waals surface area contributed by atoms with Gasteiger partial charge in [-0.3, -0.25) is 4.98 Å². The van der Waals surface area contributed by atoms with Gasteiger partial charge in [-0.15, -0.1) is 0 Å². The molecule has 1 heterocycles. The fourth-order valence-electron chi connectivity index (χ4n) is 2.13. The molecule has 88 valence electrons. The van der Waals surface area contributed by atoms with Crippen LogP contribution in [-0.2, 0) is 0 Å². The fraction of sp³-hybridized carbons (Fsp3) is 0.583. The molecule has 0 unspecified atom stereocenters. The van der Waals surface area contributed by atoms with Crippen molar-refractivity contribution in [2.45, 2.75) is 44.4 Å². The van der Waals surface area contributed by atoms with E-state index in [0.717, 1.165) is 5.69 Å². The van der Waals surface area contributed by atoms with Crippen molar-refractivity contribution < 1.29 is 10.2 Å². The molecule has 0 saturated heterocycles. The Morgan fingerprint density at radius 3 is 2.50 bits per heavy atom. The number of aromatic nitrogens is 1. The minimum Gasteiger partial charge on any atom is -0.381 e. The maximum absolute atomic E-state index is 8.91. The minimum absolute atomic E-state index is 0.286.